The molecule has 3 heteroatoms. The largest absolute Gasteiger partial charge is 0.314 e. The van der Waals surface area contributed by atoms with Crippen LogP contribution in [0, 0.1) is 5.41 Å². The summed E-state index contributed by atoms with van der Waals surface area (Å²) in [5.41, 5.74) is 0.503. The van der Waals surface area contributed by atoms with Crippen molar-refractivity contribution < 1.29 is 0 Å². The van der Waals surface area contributed by atoms with Crippen molar-refractivity contribution in [3.05, 3.63) is 22.4 Å². The Hall–Kier alpha value is -0.380. The summed E-state index contributed by atoms with van der Waals surface area (Å²) < 4.78 is 0. The Kier molecular flexibility index (Phi) is 6.27. The molecule has 2 rings (SSSR count). The molecule has 0 spiro atoms. The summed E-state index contributed by atoms with van der Waals surface area (Å²) in [4.78, 5) is 4.10. The van der Waals surface area contributed by atoms with E-state index < -0.39 is 0 Å². The minimum atomic E-state index is 0.503. The van der Waals surface area contributed by atoms with Gasteiger partial charge in [0.05, 0.1) is 0 Å². The second-order valence-electron chi connectivity index (χ2n) is 7.29. The SMILES string of the molecule is CC(C)NCC1(CN(C)C(C)Cc2cccs2)CCCC1. The van der Waals surface area contributed by atoms with Crippen molar-refractivity contribution in [2.24, 2.45) is 5.41 Å². The van der Waals surface area contributed by atoms with Crippen molar-refractivity contribution in [3.63, 3.8) is 0 Å². The third kappa shape index (κ3) is 5.08. The van der Waals surface area contributed by atoms with Crippen LogP contribution in [0.1, 0.15) is 51.3 Å². The van der Waals surface area contributed by atoms with Gasteiger partial charge in [-0.25, -0.2) is 0 Å². The summed E-state index contributed by atoms with van der Waals surface area (Å²) in [6.07, 6.45) is 6.78. The maximum Gasteiger partial charge on any atom is 0.0112 e. The third-order valence-electron chi connectivity index (χ3n) is 4.96. The highest BCUT2D eigenvalue weighted by Gasteiger charge is 2.35. The first-order valence-electron chi connectivity index (χ1n) is 8.47. The van der Waals surface area contributed by atoms with Crippen LogP contribution in [0.25, 0.3) is 0 Å². The lowest BCUT2D eigenvalue weighted by Gasteiger charge is -2.37. The monoisotopic (exact) mass is 308 g/mol. The van der Waals surface area contributed by atoms with Gasteiger partial charge in [-0.1, -0.05) is 32.8 Å². The van der Waals surface area contributed by atoms with Crippen molar-refractivity contribution >= 4 is 11.3 Å². The molecule has 120 valence electrons. The Morgan fingerprint density at radius 2 is 2.00 bits per heavy atom. The zero-order valence-corrected chi connectivity index (χ0v) is 15.0. The molecule has 0 saturated heterocycles. The quantitative estimate of drug-likeness (QED) is 0.775. The molecular formula is C18H32N2S. The Morgan fingerprint density at radius 3 is 2.57 bits per heavy atom. The van der Waals surface area contributed by atoms with Crippen LogP contribution in [-0.2, 0) is 6.42 Å². The van der Waals surface area contributed by atoms with Gasteiger partial charge in [-0.15, -0.1) is 11.3 Å². The van der Waals surface area contributed by atoms with Gasteiger partial charge < -0.3 is 10.2 Å². The molecule has 1 heterocycles. The van der Waals surface area contributed by atoms with Crippen molar-refractivity contribution in [2.45, 2.75) is 65.0 Å². The van der Waals surface area contributed by atoms with Gasteiger partial charge in [0.25, 0.3) is 0 Å². The first kappa shape index (κ1) is 17.0. The topological polar surface area (TPSA) is 15.3 Å². The number of hydrogen-bond acceptors (Lipinski definition) is 3. The molecule has 0 aromatic carbocycles. The van der Waals surface area contributed by atoms with Crippen LogP contribution in [0.3, 0.4) is 0 Å². The fourth-order valence-corrected chi connectivity index (χ4v) is 4.32. The molecule has 1 aromatic rings. The molecule has 1 atom stereocenters. The van der Waals surface area contributed by atoms with Gasteiger partial charge in [-0.3, -0.25) is 0 Å². The molecule has 1 unspecified atom stereocenters. The number of nitrogens with zero attached hydrogens (tertiary/aromatic N) is 1. The summed E-state index contributed by atoms with van der Waals surface area (Å²) in [5.74, 6) is 0. The molecule has 1 fully saturated rings. The minimum Gasteiger partial charge on any atom is -0.314 e. The predicted octanol–water partition coefficient (Wildman–Crippen LogP) is 4.17. The highest BCUT2D eigenvalue weighted by molar-refractivity contribution is 7.09. The van der Waals surface area contributed by atoms with Crippen LogP contribution in [0.4, 0.5) is 0 Å². The van der Waals surface area contributed by atoms with Crippen molar-refractivity contribution in [1.29, 1.82) is 0 Å². The zero-order valence-electron chi connectivity index (χ0n) is 14.2. The number of rotatable bonds is 8. The van der Waals surface area contributed by atoms with E-state index in [0.717, 1.165) is 0 Å². The van der Waals surface area contributed by atoms with Gasteiger partial charge in [0.2, 0.25) is 0 Å². The number of hydrogen-bond donors (Lipinski definition) is 1. The summed E-state index contributed by atoms with van der Waals surface area (Å²) in [6.45, 7) is 9.30. The lowest BCUT2D eigenvalue weighted by atomic mass is 9.84. The molecule has 0 aliphatic heterocycles. The maximum absolute atomic E-state index is 3.69. The number of likely N-dealkylation sites (N-methyl/N-ethyl adjacent to an activating group) is 1. The van der Waals surface area contributed by atoms with Gasteiger partial charge in [-0.2, -0.15) is 0 Å². The van der Waals surface area contributed by atoms with E-state index in [2.05, 4.69) is 55.5 Å². The van der Waals surface area contributed by atoms with Crippen molar-refractivity contribution in [2.75, 3.05) is 20.1 Å². The second kappa shape index (κ2) is 7.75. The van der Waals surface area contributed by atoms with Crippen LogP contribution in [0.15, 0.2) is 17.5 Å². The van der Waals surface area contributed by atoms with Crippen molar-refractivity contribution in [3.8, 4) is 0 Å². The lowest BCUT2D eigenvalue weighted by Crippen LogP contribution is -2.45. The first-order valence-corrected chi connectivity index (χ1v) is 9.35. The Bertz CT molecular complexity index is 393. The molecule has 0 amide bonds. The third-order valence-corrected chi connectivity index (χ3v) is 5.86. The summed E-state index contributed by atoms with van der Waals surface area (Å²) in [6, 6.07) is 5.65. The fourth-order valence-electron chi connectivity index (χ4n) is 3.50. The van der Waals surface area contributed by atoms with E-state index in [1.165, 1.54) is 50.1 Å². The predicted molar refractivity (Wildman–Crippen MR) is 94.2 cm³/mol. The van der Waals surface area contributed by atoms with Gasteiger partial charge in [0.15, 0.2) is 0 Å². The van der Waals surface area contributed by atoms with Gasteiger partial charge in [-0.05, 0) is 50.1 Å². The second-order valence-corrected chi connectivity index (χ2v) is 8.32. The normalized spacial score (nSPS) is 19.5. The number of nitrogens with one attached hydrogen (secondary N) is 1. The van der Waals surface area contributed by atoms with E-state index in [-0.39, 0.29) is 0 Å². The molecule has 1 aliphatic rings. The lowest BCUT2D eigenvalue weighted by molar-refractivity contribution is 0.139. The van der Waals surface area contributed by atoms with E-state index in [9.17, 15) is 0 Å². The first-order chi connectivity index (χ1) is 10.0. The average molecular weight is 309 g/mol. The molecule has 1 aliphatic carbocycles. The van der Waals surface area contributed by atoms with Gasteiger partial charge in [0.1, 0.15) is 0 Å². The van der Waals surface area contributed by atoms with Crippen LogP contribution in [0.5, 0.6) is 0 Å². The van der Waals surface area contributed by atoms with Crippen LogP contribution < -0.4 is 5.32 Å². The average Bonchev–Trinajstić information content (AvgIpc) is 3.08. The van der Waals surface area contributed by atoms with E-state index in [0.29, 0.717) is 17.5 Å². The summed E-state index contributed by atoms with van der Waals surface area (Å²) in [7, 11) is 2.31. The van der Waals surface area contributed by atoms with Gasteiger partial charge in [0, 0.05) is 30.1 Å². The maximum atomic E-state index is 3.69. The molecule has 1 saturated carbocycles. The highest BCUT2D eigenvalue weighted by Crippen LogP contribution is 2.38. The van der Waals surface area contributed by atoms with Gasteiger partial charge >= 0.3 is 0 Å². The van der Waals surface area contributed by atoms with E-state index in [1.807, 2.05) is 11.3 Å². The molecular weight excluding hydrogens is 276 g/mol. The molecule has 1 N–H and O–H groups in total. The standard InChI is InChI=1S/C18H32N2S/c1-15(2)19-13-18(9-5-6-10-18)14-20(4)16(3)12-17-8-7-11-21-17/h7-8,11,15-16,19H,5-6,9-10,12-14H2,1-4H3. The smallest absolute Gasteiger partial charge is 0.0112 e. The summed E-state index contributed by atoms with van der Waals surface area (Å²) >= 11 is 1.89. The van der Waals surface area contributed by atoms with E-state index in [1.54, 1.807) is 0 Å². The van der Waals surface area contributed by atoms with Crippen LogP contribution in [0.2, 0.25) is 0 Å². The molecule has 21 heavy (non-hydrogen) atoms. The Balaban J connectivity index is 1.89. The minimum absolute atomic E-state index is 0.503. The van der Waals surface area contributed by atoms with E-state index in [4.69, 9.17) is 0 Å². The molecule has 1 aromatic heterocycles. The zero-order chi connectivity index (χ0) is 15.3. The summed E-state index contributed by atoms with van der Waals surface area (Å²) in [5, 5.41) is 5.88. The molecule has 0 radical (unpaired) electrons. The van der Waals surface area contributed by atoms with E-state index >= 15 is 0 Å². The van der Waals surface area contributed by atoms with Crippen LogP contribution >= 0.6 is 11.3 Å². The Labute approximate surface area is 134 Å². The number of thiophene rings is 1. The highest BCUT2D eigenvalue weighted by atomic mass is 32.1. The van der Waals surface area contributed by atoms with Crippen LogP contribution in [-0.4, -0.2) is 37.1 Å². The van der Waals surface area contributed by atoms with Crippen molar-refractivity contribution in [1.82, 2.24) is 10.2 Å². The fraction of sp³-hybridized carbons (Fsp3) is 0.778. The molecule has 0 bridgehead atoms. The Morgan fingerprint density at radius 1 is 1.29 bits per heavy atom. The molecule has 2 nitrogen and oxygen atoms in total.